The number of hydrogen-bond acceptors (Lipinski definition) is 6. The van der Waals surface area contributed by atoms with Crippen LogP contribution < -0.4 is 4.80 Å². The summed E-state index contributed by atoms with van der Waals surface area (Å²) in [5.74, 6) is -0.643. The molecule has 0 aliphatic carbocycles. The number of hydrogen-bond donors (Lipinski definition) is 0. The Morgan fingerprint density at radius 3 is 2.30 bits per heavy atom. The van der Waals surface area contributed by atoms with Crippen molar-refractivity contribution in [2.75, 3.05) is 19.3 Å². The fourth-order valence-corrected chi connectivity index (χ4v) is 8.18. The molecule has 0 unspecified atom stereocenters. The fourth-order valence-electron chi connectivity index (χ4n) is 3.99. The van der Waals surface area contributed by atoms with Crippen molar-refractivity contribution < 1.29 is 21.6 Å². The van der Waals surface area contributed by atoms with E-state index in [0.29, 0.717) is 17.6 Å². The molecule has 8 nitrogen and oxygen atoms in total. The van der Waals surface area contributed by atoms with Gasteiger partial charge >= 0.3 is 0 Å². The van der Waals surface area contributed by atoms with E-state index < -0.39 is 19.9 Å². The molecular weight excluding hydrogens is 482 g/mol. The van der Waals surface area contributed by atoms with Crippen molar-refractivity contribution in [3.8, 4) is 0 Å². The first kappa shape index (κ1) is 23.8. The second kappa shape index (κ2) is 8.79. The van der Waals surface area contributed by atoms with Crippen molar-refractivity contribution in [2.24, 2.45) is 18.0 Å². The van der Waals surface area contributed by atoms with Crippen molar-refractivity contribution in [3.63, 3.8) is 0 Å². The molecule has 176 valence electrons. The monoisotopic (exact) mass is 507 g/mol. The Labute approximate surface area is 197 Å². The van der Waals surface area contributed by atoms with Gasteiger partial charge in [-0.15, -0.1) is 0 Å². The molecule has 0 atom stereocenters. The van der Waals surface area contributed by atoms with Gasteiger partial charge in [-0.3, -0.25) is 4.79 Å². The Morgan fingerprint density at radius 1 is 1.03 bits per heavy atom. The molecule has 3 aromatic rings. The van der Waals surface area contributed by atoms with Crippen LogP contribution in [0.2, 0.25) is 0 Å². The average molecular weight is 508 g/mol. The summed E-state index contributed by atoms with van der Waals surface area (Å²) in [5, 5.41) is 0. The van der Waals surface area contributed by atoms with Crippen LogP contribution in [0.15, 0.2) is 57.2 Å². The first-order valence-corrected chi connectivity index (χ1v) is 14.6. The molecule has 1 amide bonds. The van der Waals surface area contributed by atoms with Gasteiger partial charge in [0, 0.05) is 32.3 Å². The van der Waals surface area contributed by atoms with Crippen LogP contribution in [0.3, 0.4) is 0 Å². The van der Waals surface area contributed by atoms with E-state index >= 15 is 0 Å². The zero-order chi connectivity index (χ0) is 24.0. The van der Waals surface area contributed by atoms with Crippen molar-refractivity contribution in [1.82, 2.24) is 8.87 Å². The van der Waals surface area contributed by atoms with Gasteiger partial charge in [-0.25, -0.2) is 16.8 Å². The van der Waals surface area contributed by atoms with E-state index in [4.69, 9.17) is 0 Å². The first-order valence-electron chi connectivity index (χ1n) is 10.4. The van der Waals surface area contributed by atoms with E-state index in [0.717, 1.165) is 22.0 Å². The maximum absolute atomic E-state index is 13.1. The number of aryl methyl sites for hydroxylation is 2. The molecular formula is C22H25N3O5S3. The number of sulfonamides is 1. The Hall–Kier alpha value is -2.34. The third-order valence-corrected chi connectivity index (χ3v) is 10.2. The van der Waals surface area contributed by atoms with Gasteiger partial charge in [0.05, 0.1) is 15.1 Å². The molecule has 2 aromatic carbocycles. The second-order valence-corrected chi connectivity index (χ2v) is 13.2. The highest BCUT2D eigenvalue weighted by Gasteiger charge is 2.34. The standard InChI is InChI=1S/C22H25N3O5S3/c1-15-8-9-17-18(14-15)31-22(24(17)2)23-21(26)16-10-12-25(13-11-16)33(29,30)20-7-5-4-6-19(20)32(3,27)28/h4-9,14,16H,10-13H2,1-3H3. The molecule has 0 saturated carbocycles. The number of rotatable bonds is 4. The van der Waals surface area contributed by atoms with E-state index in [2.05, 4.69) is 11.1 Å². The number of piperidine rings is 1. The Kier molecular flexibility index (Phi) is 6.34. The van der Waals surface area contributed by atoms with Crippen LogP contribution in [0.1, 0.15) is 18.4 Å². The van der Waals surface area contributed by atoms with Crippen LogP contribution in [0, 0.1) is 12.8 Å². The number of thiazole rings is 1. The van der Waals surface area contributed by atoms with Crippen molar-refractivity contribution in [2.45, 2.75) is 29.6 Å². The average Bonchev–Trinajstić information content (AvgIpc) is 3.07. The number of amides is 1. The molecule has 1 fully saturated rings. The maximum atomic E-state index is 13.1. The lowest BCUT2D eigenvalue weighted by Crippen LogP contribution is -2.40. The Morgan fingerprint density at radius 2 is 1.67 bits per heavy atom. The molecule has 0 N–H and O–H groups in total. The van der Waals surface area contributed by atoms with Crippen LogP contribution in [0.4, 0.5) is 0 Å². The molecule has 0 spiro atoms. The molecule has 1 aliphatic rings. The predicted molar refractivity (Wildman–Crippen MR) is 127 cm³/mol. The highest BCUT2D eigenvalue weighted by Crippen LogP contribution is 2.28. The molecule has 4 rings (SSSR count). The largest absolute Gasteiger partial charge is 0.319 e. The van der Waals surface area contributed by atoms with Gasteiger partial charge in [-0.05, 0) is 49.6 Å². The van der Waals surface area contributed by atoms with Gasteiger partial charge in [0.1, 0.15) is 4.90 Å². The van der Waals surface area contributed by atoms with Crippen LogP contribution in [-0.2, 0) is 31.7 Å². The normalized spacial score (nSPS) is 17.0. The summed E-state index contributed by atoms with van der Waals surface area (Å²) in [6.07, 6.45) is 1.65. The van der Waals surface area contributed by atoms with E-state index in [9.17, 15) is 21.6 Å². The third-order valence-electron chi connectivity index (χ3n) is 5.84. The summed E-state index contributed by atoms with van der Waals surface area (Å²) in [4.78, 5) is 17.4. The molecule has 0 radical (unpaired) electrons. The van der Waals surface area contributed by atoms with E-state index in [1.54, 1.807) is 0 Å². The van der Waals surface area contributed by atoms with E-state index in [-0.39, 0.29) is 34.7 Å². The molecule has 1 aliphatic heterocycles. The van der Waals surface area contributed by atoms with E-state index in [1.165, 1.54) is 39.9 Å². The molecule has 1 saturated heterocycles. The van der Waals surface area contributed by atoms with Gasteiger partial charge in [-0.2, -0.15) is 9.30 Å². The van der Waals surface area contributed by atoms with Gasteiger partial charge in [0.15, 0.2) is 14.6 Å². The predicted octanol–water partition coefficient (Wildman–Crippen LogP) is 2.48. The summed E-state index contributed by atoms with van der Waals surface area (Å²) >= 11 is 1.45. The zero-order valence-corrected chi connectivity index (χ0v) is 21.0. The van der Waals surface area contributed by atoms with E-state index in [1.807, 2.05) is 30.7 Å². The lowest BCUT2D eigenvalue weighted by molar-refractivity contribution is -0.122. The lowest BCUT2D eigenvalue weighted by atomic mass is 9.98. The van der Waals surface area contributed by atoms with Gasteiger partial charge < -0.3 is 4.57 Å². The number of nitrogens with zero attached hydrogens (tertiary/aromatic N) is 3. The molecule has 11 heteroatoms. The minimum Gasteiger partial charge on any atom is -0.319 e. The van der Waals surface area contributed by atoms with Crippen molar-refractivity contribution in [3.05, 3.63) is 52.8 Å². The summed E-state index contributed by atoms with van der Waals surface area (Å²) in [5.41, 5.74) is 2.14. The number of aromatic nitrogens is 1. The maximum Gasteiger partial charge on any atom is 0.251 e. The van der Waals surface area contributed by atoms with Crippen LogP contribution >= 0.6 is 11.3 Å². The van der Waals surface area contributed by atoms with Gasteiger partial charge in [0.2, 0.25) is 10.0 Å². The molecule has 2 heterocycles. The van der Waals surface area contributed by atoms with Gasteiger partial charge in [0.25, 0.3) is 5.91 Å². The minimum absolute atomic E-state index is 0.129. The Bertz CT molecular complexity index is 1510. The second-order valence-electron chi connectivity index (χ2n) is 8.26. The molecule has 33 heavy (non-hydrogen) atoms. The quantitative estimate of drug-likeness (QED) is 0.539. The summed E-state index contributed by atoms with van der Waals surface area (Å²) in [6, 6.07) is 11.7. The minimum atomic E-state index is -4.00. The SMILES string of the molecule is Cc1ccc2c(c1)sc(=NC(=O)C1CCN(S(=O)(=O)c3ccccc3S(C)(=O)=O)CC1)n2C. The third kappa shape index (κ3) is 4.68. The summed E-state index contributed by atoms with van der Waals surface area (Å²) in [6.45, 7) is 2.27. The van der Waals surface area contributed by atoms with Crippen LogP contribution in [0.25, 0.3) is 10.2 Å². The zero-order valence-electron chi connectivity index (χ0n) is 18.6. The van der Waals surface area contributed by atoms with Crippen LogP contribution in [0.5, 0.6) is 0 Å². The Balaban J connectivity index is 1.53. The number of fused-ring (bicyclic) bond motifs is 1. The lowest BCUT2D eigenvalue weighted by Gasteiger charge is -2.30. The van der Waals surface area contributed by atoms with Crippen LogP contribution in [-0.4, -0.2) is 51.0 Å². The summed E-state index contributed by atoms with van der Waals surface area (Å²) in [7, 11) is -5.84. The van der Waals surface area contributed by atoms with Gasteiger partial charge in [-0.1, -0.05) is 29.5 Å². The van der Waals surface area contributed by atoms with Crippen molar-refractivity contribution in [1.29, 1.82) is 0 Å². The topological polar surface area (TPSA) is 106 Å². The molecule has 1 aromatic heterocycles. The number of benzene rings is 2. The fraction of sp³-hybridized carbons (Fsp3) is 0.364. The molecule has 0 bridgehead atoms. The number of carbonyl (C=O) groups excluding carboxylic acids is 1. The van der Waals surface area contributed by atoms with Crippen molar-refractivity contribution >= 4 is 47.3 Å². The number of sulfone groups is 1. The highest BCUT2D eigenvalue weighted by molar-refractivity contribution is 7.93. The first-order chi connectivity index (χ1) is 15.5. The highest BCUT2D eigenvalue weighted by atomic mass is 32.2. The summed E-state index contributed by atoms with van der Waals surface area (Å²) < 4.78 is 54.6. The number of carbonyl (C=O) groups is 1. The smallest absolute Gasteiger partial charge is 0.251 e.